The summed E-state index contributed by atoms with van der Waals surface area (Å²) in [7, 11) is 0. The molecule has 5 heteroatoms. The van der Waals surface area contributed by atoms with Crippen molar-refractivity contribution >= 4 is 40.2 Å². The summed E-state index contributed by atoms with van der Waals surface area (Å²) in [5, 5.41) is 0. The van der Waals surface area contributed by atoms with Gasteiger partial charge in [0.1, 0.15) is 11.0 Å². The quantitative estimate of drug-likeness (QED) is 0.716. The summed E-state index contributed by atoms with van der Waals surface area (Å²) in [6.45, 7) is 0. The summed E-state index contributed by atoms with van der Waals surface area (Å²) in [6, 6.07) is 14.0. The van der Waals surface area contributed by atoms with Gasteiger partial charge in [0.05, 0.1) is 11.7 Å². The number of nitrogen functional groups attached to an aromatic ring is 1. The van der Waals surface area contributed by atoms with Gasteiger partial charge in [-0.15, -0.1) is 0 Å². The SMILES string of the molecule is Nc1ccc(Sc2ccc3nsnc3c2)cc1. The standard InChI is InChI=1S/C12H9N3S2/c13-8-1-3-9(4-2-8)16-10-5-6-11-12(7-10)15-17-14-11/h1-7H,13H2. The van der Waals surface area contributed by atoms with Crippen molar-refractivity contribution in [2.75, 3.05) is 5.73 Å². The van der Waals surface area contributed by atoms with Gasteiger partial charge in [-0.2, -0.15) is 8.75 Å². The maximum absolute atomic E-state index is 5.65. The normalized spacial score (nSPS) is 10.8. The minimum atomic E-state index is 0.786. The summed E-state index contributed by atoms with van der Waals surface area (Å²) < 4.78 is 8.42. The molecule has 1 heterocycles. The number of nitrogens with two attached hydrogens (primary N) is 1. The van der Waals surface area contributed by atoms with E-state index in [0.717, 1.165) is 21.6 Å². The fourth-order valence-corrected chi connectivity index (χ4v) is 2.87. The fourth-order valence-electron chi connectivity index (χ4n) is 1.50. The van der Waals surface area contributed by atoms with E-state index < -0.39 is 0 Å². The van der Waals surface area contributed by atoms with Crippen LogP contribution in [-0.2, 0) is 0 Å². The molecule has 0 fully saturated rings. The molecule has 0 aliphatic rings. The van der Waals surface area contributed by atoms with E-state index in [1.54, 1.807) is 11.8 Å². The third-order valence-electron chi connectivity index (χ3n) is 2.34. The topological polar surface area (TPSA) is 51.8 Å². The van der Waals surface area contributed by atoms with Crippen LogP contribution in [0.15, 0.2) is 52.3 Å². The highest BCUT2D eigenvalue weighted by atomic mass is 32.2. The maximum atomic E-state index is 5.65. The van der Waals surface area contributed by atoms with Crippen LogP contribution in [0.25, 0.3) is 11.0 Å². The Labute approximate surface area is 107 Å². The Morgan fingerprint density at radius 3 is 2.41 bits per heavy atom. The van der Waals surface area contributed by atoms with Crippen LogP contribution >= 0.6 is 23.5 Å². The molecule has 0 spiro atoms. The van der Waals surface area contributed by atoms with E-state index in [9.17, 15) is 0 Å². The van der Waals surface area contributed by atoms with Gasteiger partial charge in [0.2, 0.25) is 0 Å². The van der Waals surface area contributed by atoms with Crippen LogP contribution in [0, 0.1) is 0 Å². The van der Waals surface area contributed by atoms with Crippen LogP contribution in [0.3, 0.4) is 0 Å². The van der Waals surface area contributed by atoms with Crippen molar-refractivity contribution in [3.8, 4) is 0 Å². The molecule has 0 saturated heterocycles. The molecule has 2 aromatic carbocycles. The van der Waals surface area contributed by atoms with Crippen molar-refractivity contribution in [3.05, 3.63) is 42.5 Å². The predicted octanol–water partition coefficient (Wildman–Crippen LogP) is 3.42. The van der Waals surface area contributed by atoms with Crippen LogP contribution in [-0.4, -0.2) is 8.75 Å². The second-order valence-electron chi connectivity index (χ2n) is 3.59. The molecule has 0 bridgehead atoms. The number of hydrogen-bond acceptors (Lipinski definition) is 5. The first-order chi connectivity index (χ1) is 8.31. The highest BCUT2D eigenvalue weighted by Gasteiger charge is 2.02. The van der Waals surface area contributed by atoms with Crippen LogP contribution in [0.5, 0.6) is 0 Å². The highest BCUT2D eigenvalue weighted by Crippen LogP contribution is 2.29. The molecule has 3 rings (SSSR count). The number of aromatic nitrogens is 2. The van der Waals surface area contributed by atoms with E-state index >= 15 is 0 Å². The van der Waals surface area contributed by atoms with Crippen molar-refractivity contribution in [2.24, 2.45) is 0 Å². The van der Waals surface area contributed by atoms with Gasteiger partial charge in [-0.1, -0.05) is 11.8 Å². The van der Waals surface area contributed by atoms with Gasteiger partial charge in [-0.3, -0.25) is 0 Å². The molecule has 3 aromatic rings. The minimum Gasteiger partial charge on any atom is -0.399 e. The summed E-state index contributed by atoms with van der Waals surface area (Å²) >= 11 is 2.94. The molecular formula is C12H9N3S2. The molecule has 0 saturated carbocycles. The van der Waals surface area contributed by atoms with E-state index in [0.29, 0.717) is 0 Å². The fraction of sp³-hybridized carbons (Fsp3) is 0. The molecule has 0 amide bonds. The number of rotatable bonds is 2. The van der Waals surface area contributed by atoms with Crippen molar-refractivity contribution in [2.45, 2.75) is 9.79 Å². The predicted molar refractivity (Wildman–Crippen MR) is 72.4 cm³/mol. The lowest BCUT2D eigenvalue weighted by molar-refractivity contribution is 1.41. The number of nitrogens with zero attached hydrogens (tertiary/aromatic N) is 2. The summed E-state index contributed by atoms with van der Waals surface area (Å²) in [6.07, 6.45) is 0. The van der Waals surface area contributed by atoms with E-state index in [1.165, 1.54) is 16.6 Å². The molecule has 3 nitrogen and oxygen atoms in total. The average Bonchev–Trinajstić information content (AvgIpc) is 2.79. The van der Waals surface area contributed by atoms with Gasteiger partial charge < -0.3 is 5.73 Å². The van der Waals surface area contributed by atoms with Crippen LogP contribution in [0.2, 0.25) is 0 Å². The Morgan fingerprint density at radius 1 is 0.882 bits per heavy atom. The molecule has 2 N–H and O–H groups in total. The number of fused-ring (bicyclic) bond motifs is 1. The third kappa shape index (κ3) is 2.25. The lowest BCUT2D eigenvalue weighted by atomic mass is 10.3. The summed E-state index contributed by atoms with van der Waals surface area (Å²) in [4.78, 5) is 2.33. The van der Waals surface area contributed by atoms with E-state index in [4.69, 9.17) is 5.73 Å². The Morgan fingerprint density at radius 2 is 1.59 bits per heavy atom. The van der Waals surface area contributed by atoms with Crippen molar-refractivity contribution < 1.29 is 0 Å². The van der Waals surface area contributed by atoms with Crippen LogP contribution in [0.4, 0.5) is 5.69 Å². The molecule has 1 aromatic heterocycles. The molecule has 0 unspecified atom stereocenters. The van der Waals surface area contributed by atoms with Crippen LogP contribution in [0.1, 0.15) is 0 Å². The van der Waals surface area contributed by atoms with E-state index in [2.05, 4.69) is 20.9 Å². The van der Waals surface area contributed by atoms with Crippen molar-refractivity contribution in [1.82, 2.24) is 8.75 Å². The first kappa shape index (κ1) is 10.6. The van der Waals surface area contributed by atoms with Gasteiger partial charge in [-0.25, -0.2) is 0 Å². The molecule has 0 atom stereocenters. The summed E-state index contributed by atoms with van der Waals surface area (Å²) in [5.41, 5.74) is 8.35. The minimum absolute atomic E-state index is 0.786. The lowest BCUT2D eigenvalue weighted by Gasteiger charge is -2.01. The largest absolute Gasteiger partial charge is 0.399 e. The van der Waals surface area contributed by atoms with Gasteiger partial charge in [-0.05, 0) is 42.5 Å². The first-order valence-electron chi connectivity index (χ1n) is 5.07. The van der Waals surface area contributed by atoms with Crippen LogP contribution < -0.4 is 5.73 Å². The van der Waals surface area contributed by atoms with Crippen molar-refractivity contribution in [3.63, 3.8) is 0 Å². The summed E-state index contributed by atoms with van der Waals surface area (Å²) in [5.74, 6) is 0. The van der Waals surface area contributed by atoms with Gasteiger partial charge >= 0.3 is 0 Å². The first-order valence-corrected chi connectivity index (χ1v) is 6.62. The molecule has 17 heavy (non-hydrogen) atoms. The Kier molecular flexibility index (Phi) is 2.70. The Bertz CT molecular complexity index is 646. The smallest absolute Gasteiger partial charge is 0.105 e. The molecule has 0 radical (unpaired) electrons. The number of anilines is 1. The molecular weight excluding hydrogens is 250 g/mol. The zero-order valence-electron chi connectivity index (χ0n) is 8.83. The third-order valence-corrected chi connectivity index (χ3v) is 3.90. The average molecular weight is 259 g/mol. The maximum Gasteiger partial charge on any atom is 0.105 e. The highest BCUT2D eigenvalue weighted by molar-refractivity contribution is 7.99. The Hall–Kier alpha value is -1.59. The monoisotopic (exact) mass is 259 g/mol. The van der Waals surface area contributed by atoms with Gasteiger partial charge in [0.15, 0.2) is 0 Å². The van der Waals surface area contributed by atoms with E-state index in [1.807, 2.05) is 30.3 Å². The second-order valence-corrected chi connectivity index (χ2v) is 5.26. The molecule has 84 valence electrons. The van der Waals surface area contributed by atoms with E-state index in [-0.39, 0.29) is 0 Å². The van der Waals surface area contributed by atoms with Gasteiger partial charge in [0, 0.05) is 15.5 Å². The zero-order chi connectivity index (χ0) is 11.7. The molecule has 0 aliphatic carbocycles. The lowest BCUT2D eigenvalue weighted by Crippen LogP contribution is -1.82. The van der Waals surface area contributed by atoms with Crippen molar-refractivity contribution in [1.29, 1.82) is 0 Å². The number of hydrogen-bond donors (Lipinski definition) is 1. The second kappa shape index (κ2) is 4.35. The zero-order valence-corrected chi connectivity index (χ0v) is 10.5. The Balaban J connectivity index is 1.91. The molecule has 0 aliphatic heterocycles. The number of benzene rings is 2. The van der Waals surface area contributed by atoms with Gasteiger partial charge in [0.25, 0.3) is 0 Å².